The van der Waals surface area contributed by atoms with E-state index in [0.717, 1.165) is 36.8 Å². The highest BCUT2D eigenvalue weighted by molar-refractivity contribution is 6.02. The molecular weight excluding hydrogens is 797 g/mol. The van der Waals surface area contributed by atoms with Crippen LogP contribution in [0.25, 0.3) is 0 Å². The number of amides is 2. The molecule has 4 bridgehead atoms. The molecule has 8 nitrogen and oxygen atoms in total. The van der Waals surface area contributed by atoms with Crippen molar-refractivity contribution in [3.05, 3.63) is 213 Å². The first-order valence-electron chi connectivity index (χ1n) is 22.7. The number of carbonyl (C=O) groups is 4. The molecule has 64 heavy (non-hydrogen) atoms. The van der Waals surface area contributed by atoms with Crippen molar-refractivity contribution in [3.8, 4) is 0 Å². The van der Waals surface area contributed by atoms with Gasteiger partial charge in [0.15, 0.2) is 11.6 Å². The fraction of sp³-hybridized carbons (Fsp3) is 0.286. The van der Waals surface area contributed by atoms with Crippen molar-refractivity contribution < 1.29 is 29.4 Å². The lowest BCUT2D eigenvalue weighted by atomic mass is 9.87. The van der Waals surface area contributed by atoms with Crippen molar-refractivity contribution in [1.82, 2.24) is 10.6 Å². The monoisotopic (exact) mass is 850 g/mol. The Balaban J connectivity index is 0.000000162. The average molecular weight is 851 g/mol. The molecular formula is C56H54N2O6. The van der Waals surface area contributed by atoms with E-state index in [9.17, 15) is 29.4 Å². The van der Waals surface area contributed by atoms with E-state index in [0.29, 0.717) is 58.8 Å². The first-order chi connectivity index (χ1) is 31.3. The molecule has 324 valence electrons. The second-order valence-electron chi connectivity index (χ2n) is 17.9. The molecule has 6 aromatic carbocycles. The number of aliphatic hydroxyl groups excluding tert-OH is 2. The molecule has 2 unspecified atom stereocenters. The van der Waals surface area contributed by atoms with Crippen molar-refractivity contribution >= 4 is 23.4 Å². The lowest BCUT2D eigenvalue weighted by Gasteiger charge is -2.17. The molecule has 10 rings (SSSR count). The number of hydrogen-bond acceptors (Lipinski definition) is 6. The van der Waals surface area contributed by atoms with Crippen LogP contribution >= 0.6 is 0 Å². The Bertz CT molecular complexity index is 2370. The molecule has 0 radical (unpaired) electrons. The second-order valence-corrected chi connectivity index (χ2v) is 17.9. The largest absolute Gasteiger partial charge is 0.394 e. The van der Waals surface area contributed by atoms with Crippen molar-refractivity contribution in [2.75, 3.05) is 13.2 Å². The second kappa shape index (κ2) is 19.1. The first-order valence-corrected chi connectivity index (χ1v) is 22.7. The SMILES string of the molecule is O=C(N[C@H](CO)Cc1ccccc1)c1ccc(C(=O)C2[C@@H]3CC[C@H]2c2ccccc23)cc1.O=C(N[C@H](CO)Cc1ccccc1)c1ccc(C(=O)C2[C@@H]3CC[C@H]2c2ccccc23)cc1. The molecule has 0 aromatic heterocycles. The maximum atomic E-state index is 13.4. The van der Waals surface area contributed by atoms with Crippen LogP contribution in [0.1, 0.15) is 124 Å². The quantitative estimate of drug-likeness (QED) is 0.0810. The van der Waals surface area contributed by atoms with E-state index in [2.05, 4.69) is 59.2 Å². The van der Waals surface area contributed by atoms with Crippen molar-refractivity contribution in [1.29, 1.82) is 0 Å². The summed E-state index contributed by atoms with van der Waals surface area (Å²) in [4.78, 5) is 52.1. The number of Topliss-reactive ketones (excluding diaryl/α,β-unsaturated/α-hetero) is 2. The minimum atomic E-state index is -0.362. The highest BCUT2D eigenvalue weighted by Crippen LogP contribution is 2.59. The molecule has 0 aliphatic heterocycles. The Kier molecular flexibility index (Phi) is 12.8. The zero-order valence-corrected chi connectivity index (χ0v) is 35.8. The van der Waals surface area contributed by atoms with Gasteiger partial charge in [0, 0.05) is 34.1 Å². The van der Waals surface area contributed by atoms with Crippen LogP contribution in [0.5, 0.6) is 0 Å². The van der Waals surface area contributed by atoms with Gasteiger partial charge in [0.05, 0.1) is 25.3 Å². The van der Waals surface area contributed by atoms with Gasteiger partial charge in [0.1, 0.15) is 0 Å². The molecule has 4 aliphatic carbocycles. The molecule has 4 N–H and O–H groups in total. The van der Waals surface area contributed by atoms with E-state index >= 15 is 0 Å². The van der Waals surface area contributed by atoms with E-state index in [1.807, 2.05) is 60.7 Å². The van der Waals surface area contributed by atoms with Crippen LogP contribution in [0, 0.1) is 11.8 Å². The van der Waals surface area contributed by atoms with Gasteiger partial charge in [-0.15, -0.1) is 0 Å². The summed E-state index contributed by atoms with van der Waals surface area (Å²) in [5.74, 6) is 1.15. The first kappa shape index (κ1) is 42.8. The molecule has 8 atom stereocenters. The van der Waals surface area contributed by atoms with E-state index in [1.165, 1.54) is 22.3 Å². The van der Waals surface area contributed by atoms with Gasteiger partial charge < -0.3 is 20.8 Å². The summed E-state index contributed by atoms with van der Waals surface area (Å²) in [5.41, 5.74) is 9.78. The summed E-state index contributed by atoms with van der Waals surface area (Å²) in [7, 11) is 0. The third-order valence-electron chi connectivity index (χ3n) is 14.1. The highest BCUT2D eigenvalue weighted by atomic mass is 16.3. The molecule has 2 amide bonds. The van der Waals surface area contributed by atoms with Crippen LogP contribution in [0.4, 0.5) is 0 Å². The topological polar surface area (TPSA) is 133 Å². The zero-order valence-electron chi connectivity index (χ0n) is 35.8. The van der Waals surface area contributed by atoms with Crippen LogP contribution < -0.4 is 10.6 Å². The van der Waals surface area contributed by atoms with Gasteiger partial charge in [-0.1, -0.05) is 133 Å². The lowest BCUT2D eigenvalue weighted by Crippen LogP contribution is -2.39. The van der Waals surface area contributed by atoms with Gasteiger partial charge in [-0.05, 0) is 120 Å². The molecule has 0 heterocycles. The number of carbonyl (C=O) groups excluding carboxylic acids is 4. The minimum absolute atomic E-state index is 0.0109. The number of nitrogens with one attached hydrogen (secondary N) is 2. The molecule has 4 aliphatic rings. The molecule has 0 saturated heterocycles. The smallest absolute Gasteiger partial charge is 0.251 e. The fourth-order valence-corrected chi connectivity index (χ4v) is 11.1. The van der Waals surface area contributed by atoms with Gasteiger partial charge >= 0.3 is 0 Å². The lowest BCUT2D eigenvalue weighted by molar-refractivity contribution is 0.0899. The number of aliphatic hydroxyl groups is 2. The third kappa shape index (κ3) is 8.73. The zero-order chi connectivity index (χ0) is 44.2. The predicted octanol–water partition coefficient (Wildman–Crippen LogP) is 8.99. The van der Waals surface area contributed by atoms with Crippen molar-refractivity contribution in [2.24, 2.45) is 11.8 Å². The van der Waals surface area contributed by atoms with Crippen molar-refractivity contribution in [3.63, 3.8) is 0 Å². The number of hydrogen-bond donors (Lipinski definition) is 4. The minimum Gasteiger partial charge on any atom is -0.394 e. The van der Waals surface area contributed by atoms with Gasteiger partial charge in [-0.3, -0.25) is 19.2 Å². The summed E-state index contributed by atoms with van der Waals surface area (Å²) in [5, 5.41) is 25.2. The summed E-state index contributed by atoms with van der Waals surface area (Å²) in [6.45, 7) is -0.273. The van der Waals surface area contributed by atoms with E-state index in [4.69, 9.17) is 0 Å². The Morgan fingerprint density at radius 1 is 0.406 bits per heavy atom. The predicted molar refractivity (Wildman–Crippen MR) is 248 cm³/mol. The summed E-state index contributed by atoms with van der Waals surface area (Å²) in [6, 6.07) is 49.7. The Morgan fingerprint density at radius 2 is 0.688 bits per heavy atom. The van der Waals surface area contributed by atoms with Crippen LogP contribution in [-0.2, 0) is 12.8 Å². The van der Waals surface area contributed by atoms with E-state index in [-0.39, 0.29) is 60.5 Å². The summed E-state index contributed by atoms with van der Waals surface area (Å²) >= 11 is 0. The number of rotatable bonds is 14. The van der Waals surface area contributed by atoms with Crippen LogP contribution in [-0.4, -0.2) is 58.9 Å². The number of benzene rings is 6. The van der Waals surface area contributed by atoms with Gasteiger partial charge in [-0.2, -0.15) is 0 Å². The number of fused-ring (bicyclic) bond motifs is 10. The summed E-state index contributed by atoms with van der Waals surface area (Å²) in [6.07, 6.45) is 5.41. The molecule has 2 saturated carbocycles. The van der Waals surface area contributed by atoms with Crippen LogP contribution in [0.2, 0.25) is 0 Å². The molecule has 6 aromatic rings. The van der Waals surface area contributed by atoms with Crippen LogP contribution in [0.3, 0.4) is 0 Å². The fourth-order valence-electron chi connectivity index (χ4n) is 11.1. The van der Waals surface area contributed by atoms with Crippen molar-refractivity contribution in [2.45, 2.75) is 74.3 Å². The van der Waals surface area contributed by atoms with Gasteiger partial charge in [0.2, 0.25) is 0 Å². The Labute approximate surface area is 374 Å². The Hall–Kier alpha value is -6.48. The van der Waals surface area contributed by atoms with E-state index < -0.39 is 0 Å². The highest BCUT2D eigenvalue weighted by Gasteiger charge is 2.50. The summed E-state index contributed by atoms with van der Waals surface area (Å²) < 4.78 is 0. The van der Waals surface area contributed by atoms with E-state index in [1.54, 1.807) is 48.5 Å². The maximum absolute atomic E-state index is 13.4. The average Bonchev–Trinajstić information content (AvgIpc) is 4.13. The standard InChI is InChI=1S/2C28H27NO3/c2*30-17-21(16-18-6-2-1-3-7-18)29-28(32)20-12-10-19(11-13-20)27(31)26-24-14-15-25(26)23-9-5-4-8-22(23)24/h2*1-13,21,24-26,30H,14-17H2,(H,29,32)/t2*21-,24-,25+,26?/m00/s1. The third-order valence-corrected chi connectivity index (χ3v) is 14.1. The van der Waals surface area contributed by atoms with Gasteiger partial charge in [0.25, 0.3) is 11.8 Å². The Morgan fingerprint density at radius 3 is 0.984 bits per heavy atom. The normalized spacial score (nSPS) is 21.7. The van der Waals surface area contributed by atoms with Gasteiger partial charge in [-0.25, -0.2) is 0 Å². The number of ketones is 2. The molecule has 8 heteroatoms. The maximum Gasteiger partial charge on any atom is 0.251 e. The van der Waals surface area contributed by atoms with Crippen LogP contribution in [0.15, 0.2) is 158 Å². The molecule has 2 fully saturated rings. The molecule has 0 spiro atoms.